The molecule has 0 N–H and O–H groups in total. The van der Waals surface area contributed by atoms with Crippen LogP contribution in [0.2, 0.25) is 0 Å². The highest BCUT2D eigenvalue weighted by Crippen LogP contribution is 2.28. The number of methoxy groups -OCH3 is 1. The Morgan fingerprint density at radius 1 is 1.09 bits per heavy atom. The number of rotatable bonds is 8. The van der Waals surface area contributed by atoms with Gasteiger partial charge in [-0.3, -0.25) is 18.6 Å². The van der Waals surface area contributed by atoms with Crippen LogP contribution in [0, 0.1) is 20.8 Å². The number of benzene rings is 2. The monoisotopic (exact) mass is 464 g/mol. The summed E-state index contributed by atoms with van der Waals surface area (Å²) in [6, 6.07) is 11.5. The molecule has 7 nitrogen and oxygen atoms in total. The van der Waals surface area contributed by atoms with Gasteiger partial charge in [0.1, 0.15) is 0 Å². The molecule has 4 rings (SSSR count). The van der Waals surface area contributed by atoms with Crippen LogP contribution < -0.4 is 5.56 Å². The lowest BCUT2D eigenvalue weighted by molar-refractivity contribution is 0.0993. The summed E-state index contributed by atoms with van der Waals surface area (Å²) in [6.45, 7) is 8.94. The minimum absolute atomic E-state index is 0.0510. The number of Topliss-reactive ketones (excluding diaryl/α,β-unsaturated/α-hetero) is 1. The standard InChI is InChI=1S/C25H28N4O3S/c1-15-13-17(3)20(14-16(15)2)22(30)18(4)33-25-27-26-24-28(11-8-12-32-5)23(31)19-9-6-7-10-21(19)29(24)25/h6-7,9-10,13-14,18H,8,11-12H2,1-5H3. The number of fused-ring (bicyclic) bond motifs is 3. The average Bonchev–Trinajstić information content (AvgIpc) is 3.21. The van der Waals surface area contributed by atoms with Crippen LogP contribution in [0.5, 0.6) is 0 Å². The number of carbonyl (C=O) groups excluding carboxylic acids is 1. The molecule has 0 bridgehead atoms. The molecule has 0 saturated carbocycles. The lowest BCUT2D eigenvalue weighted by Gasteiger charge is -2.14. The molecular weight excluding hydrogens is 436 g/mol. The van der Waals surface area contributed by atoms with Gasteiger partial charge in [-0.2, -0.15) is 0 Å². The topological polar surface area (TPSA) is 78.5 Å². The first-order chi connectivity index (χ1) is 15.8. The summed E-state index contributed by atoms with van der Waals surface area (Å²) in [5.74, 6) is 0.523. The van der Waals surface area contributed by atoms with Gasteiger partial charge in [-0.25, -0.2) is 0 Å². The molecule has 0 aliphatic rings. The molecule has 0 aliphatic carbocycles. The Balaban J connectivity index is 1.77. The third-order valence-electron chi connectivity index (χ3n) is 5.97. The molecule has 0 saturated heterocycles. The van der Waals surface area contributed by atoms with E-state index in [1.807, 2.05) is 62.4 Å². The molecule has 0 amide bonds. The summed E-state index contributed by atoms with van der Waals surface area (Å²) < 4.78 is 8.67. The lowest BCUT2D eigenvalue weighted by atomic mass is 9.97. The van der Waals surface area contributed by atoms with E-state index in [4.69, 9.17) is 4.74 Å². The normalized spacial score (nSPS) is 12.5. The van der Waals surface area contributed by atoms with Crippen LogP contribution in [0.4, 0.5) is 0 Å². The SMILES string of the molecule is COCCCn1c(=O)c2ccccc2n2c(SC(C)C(=O)c3cc(C)c(C)cc3C)nnc12. The maximum absolute atomic E-state index is 13.3. The van der Waals surface area contributed by atoms with Gasteiger partial charge in [0.2, 0.25) is 5.78 Å². The van der Waals surface area contributed by atoms with Gasteiger partial charge in [0.05, 0.1) is 16.2 Å². The van der Waals surface area contributed by atoms with Crippen LogP contribution in [0.15, 0.2) is 46.3 Å². The number of hydrogen-bond acceptors (Lipinski definition) is 6. The molecule has 2 aromatic carbocycles. The van der Waals surface area contributed by atoms with Crippen molar-refractivity contribution in [2.24, 2.45) is 0 Å². The maximum atomic E-state index is 13.3. The van der Waals surface area contributed by atoms with Gasteiger partial charge in [0.15, 0.2) is 10.9 Å². The quantitative estimate of drug-likeness (QED) is 0.219. The number of hydrogen-bond donors (Lipinski definition) is 0. The molecule has 0 spiro atoms. The molecule has 2 aromatic heterocycles. The van der Waals surface area contributed by atoms with Crippen LogP contribution in [-0.4, -0.2) is 43.9 Å². The molecule has 0 fully saturated rings. The fourth-order valence-corrected chi connectivity index (χ4v) is 4.96. The number of ketones is 1. The van der Waals surface area contributed by atoms with Crippen molar-refractivity contribution < 1.29 is 9.53 Å². The summed E-state index contributed by atoms with van der Waals surface area (Å²) in [7, 11) is 1.64. The second-order valence-corrected chi connectivity index (χ2v) is 9.62. The van der Waals surface area contributed by atoms with E-state index in [1.54, 1.807) is 11.7 Å². The third kappa shape index (κ3) is 4.32. The van der Waals surface area contributed by atoms with Gasteiger partial charge in [0.25, 0.3) is 5.56 Å². The van der Waals surface area contributed by atoms with E-state index >= 15 is 0 Å². The van der Waals surface area contributed by atoms with Crippen LogP contribution in [0.25, 0.3) is 16.7 Å². The van der Waals surface area contributed by atoms with Crippen molar-refractivity contribution in [3.8, 4) is 0 Å². The van der Waals surface area contributed by atoms with Crippen molar-refractivity contribution in [1.82, 2.24) is 19.2 Å². The lowest BCUT2D eigenvalue weighted by Crippen LogP contribution is -2.24. The fourth-order valence-electron chi connectivity index (χ4n) is 4.04. The number of thioether (sulfide) groups is 1. The maximum Gasteiger partial charge on any atom is 0.262 e. The number of ether oxygens (including phenoxy) is 1. The summed E-state index contributed by atoms with van der Waals surface area (Å²) >= 11 is 1.36. The predicted octanol–water partition coefficient (Wildman–Crippen LogP) is 4.37. The van der Waals surface area contributed by atoms with E-state index in [2.05, 4.69) is 16.3 Å². The molecule has 0 radical (unpaired) electrons. The Bertz CT molecular complexity index is 1410. The summed E-state index contributed by atoms with van der Waals surface area (Å²) in [5.41, 5.74) is 4.60. The van der Waals surface area contributed by atoms with Gasteiger partial charge < -0.3 is 4.74 Å². The molecule has 4 aromatic rings. The highest BCUT2D eigenvalue weighted by molar-refractivity contribution is 8.00. The first-order valence-corrected chi connectivity index (χ1v) is 11.9. The first-order valence-electron chi connectivity index (χ1n) is 11.0. The summed E-state index contributed by atoms with van der Waals surface area (Å²) in [4.78, 5) is 26.4. The Labute approximate surface area is 196 Å². The van der Waals surface area contributed by atoms with Crippen LogP contribution in [0.1, 0.15) is 40.4 Å². The van der Waals surface area contributed by atoms with E-state index in [0.29, 0.717) is 35.9 Å². The minimum atomic E-state index is -0.370. The highest BCUT2D eigenvalue weighted by atomic mass is 32.2. The molecule has 0 aliphatic heterocycles. The van der Waals surface area contributed by atoms with Gasteiger partial charge in [-0.15, -0.1) is 10.2 Å². The molecule has 33 heavy (non-hydrogen) atoms. The Hall–Kier alpha value is -2.97. The van der Waals surface area contributed by atoms with Crippen LogP contribution >= 0.6 is 11.8 Å². The van der Waals surface area contributed by atoms with E-state index in [0.717, 1.165) is 22.2 Å². The Morgan fingerprint density at radius 3 is 2.58 bits per heavy atom. The molecule has 1 unspecified atom stereocenters. The van der Waals surface area contributed by atoms with Gasteiger partial charge in [0, 0.05) is 25.8 Å². The number of aryl methyl sites for hydroxylation is 4. The first kappa shape index (κ1) is 23.2. The van der Waals surface area contributed by atoms with Gasteiger partial charge in [-0.05, 0) is 69.0 Å². The second kappa shape index (κ2) is 9.49. The number of aromatic nitrogens is 4. The number of carbonyl (C=O) groups is 1. The van der Waals surface area contributed by atoms with E-state index < -0.39 is 0 Å². The summed E-state index contributed by atoms with van der Waals surface area (Å²) in [6.07, 6.45) is 0.681. The largest absolute Gasteiger partial charge is 0.385 e. The smallest absolute Gasteiger partial charge is 0.262 e. The van der Waals surface area contributed by atoms with Crippen molar-refractivity contribution in [2.75, 3.05) is 13.7 Å². The van der Waals surface area contributed by atoms with Crippen molar-refractivity contribution in [3.63, 3.8) is 0 Å². The summed E-state index contributed by atoms with van der Waals surface area (Å²) in [5, 5.41) is 9.53. The third-order valence-corrected chi connectivity index (χ3v) is 7.01. The zero-order chi connectivity index (χ0) is 23.7. The van der Waals surface area contributed by atoms with Crippen molar-refractivity contribution in [2.45, 2.75) is 51.1 Å². The zero-order valence-electron chi connectivity index (χ0n) is 19.6. The predicted molar refractivity (Wildman–Crippen MR) is 132 cm³/mol. The molecule has 1 atom stereocenters. The minimum Gasteiger partial charge on any atom is -0.385 e. The van der Waals surface area contributed by atoms with Gasteiger partial charge >= 0.3 is 0 Å². The van der Waals surface area contributed by atoms with E-state index in [1.165, 1.54) is 17.3 Å². The van der Waals surface area contributed by atoms with E-state index in [-0.39, 0.29) is 16.6 Å². The van der Waals surface area contributed by atoms with Crippen LogP contribution in [-0.2, 0) is 11.3 Å². The van der Waals surface area contributed by atoms with E-state index in [9.17, 15) is 9.59 Å². The second-order valence-electron chi connectivity index (χ2n) is 8.31. The van der Waals surface area contributed by atoms with Crippen molar-refractivity contribution in [3.05, 3.63) is 69.0 Å². The van der Waals surface area contributed by atoms with Crippen molar-refractivity contribution in [1.29, 1.82) is 0 Å². The van der Waals surface area contributed by atoms with Gasteiger partial charge in [-0.1, -0.05) is 30.0 Å². The molecular formula is C25H28N4O3S. The van der Waals surface area contributed by atoms with Crippen LogP contribution in [0.3, 0.4) is 0 Å². The van der Waals surface area contributed by atoms with Crippen molar-refractivity contribution >= 4 is 34.2 Å². The number of para-hydroxylation sites is 1. The highest BCUT2D eigenvalue weighted by Gasteiger charge is 2.23. The Kier molecular flexibility index (Phi) is 6.67. The zero-order valence-corrected chi connectivity index (χ0v) is 20.4. The average molecular weight is 465 g/mol. The number of nitrogens with zero attached hydrogens (tertiary/aromatic N) is 4. The molecule has 2 heterocycles. The Morgan fingerprint density at radius 2 is 1.82 bits per heavy atom. The molecule has 8 heteroatoms. The fraction of sp³-hybridized carbons (Fsp3) is 0.360. The molecule has 172 valence electrons.